The number of para-hydroxylation sites is 1. The van der Waals surface area contributed by atoms with Crippen LogP contribution in [0.5, 0.6) is 0 Å². The molecule has 0 fully saturated rings. The van der Waals surface area contributed by atoms with E-state index in [1.165, 1.54) is 0 Å². The molecule has 1 heterocycles. The molecule has 0 aliphatic heterocycles. The van der Waals surface area contributed by atoms with E-state index in [2.05, 4.69) is 15.6 Å². The summed E-state index contributed by atoms with van der Waals surface area (Å²) in [4.78, 5) is 40.6. The third kappa shape index (κ3) is 8.18. The van der Waals surface area contributed by atoms with Gasteiger partial charge < -0.3 is 32.2 Å². The first-order valence-corrected chi connectivity index (χ1v) is 11.7. The number of aliphatic carboxylic acids is 1. The minimum Gasteiger partial charge on any atom is -0.480 e. The number of carboxylic acids is 1. The first kappa shape index (κ1) is 26.3. The fourth-order valence-electron chi connectivity index (χ4n) is 3.82. The van der Waals surface area contributed by atoms with Gasteiger partial charge in [-0.2, -0.15) is 0 Å². The minimum atomic E-state index is -1.10. The molecule has 1 aromatic heterocycles. The molecule has 0 radical (unpaired) electrons. The molecule has 1 aromatic carbocycles. The van der Waals surface area contributed by atoms with E-state index in [-0.39, 0.29) is 11.8 Å². The second-order valence-corrected chi connectivity index (χ2v) is 8.49. The van der Waals surface area contributed by atoms with E-state index in [4.69, 9.17) is 11.5 Å². The monoisotopic (exact) mass is 459 g/mol. The van der Waals surface area contributed by atoms with E-state index in [9.17, 15) is 19.5 Å². The van der Waals surface area contributed by atoms with Crippen LogP contribution in [0.25, 0.3) is 10.9 Å². The van der Waals surface area contributed by atoms with Crippen molar-refractivity contribution < 1.29 is 19.5 Å². The van der Waals surface area contributed by atoms with Gasteiger partial charge in [0.1, 0.15) is 12.1 Å². The van der Waals surface area contributed by atoms with E-state index < -0.39 is 24.0 Å². The smallest absolute Gasteiger partial charge is 0.326 e. The Morgan fingerprint density at radius 1 is 0.939 bits per heavy atom. The topological polar surface area (TPSA) is 163 Å². The highest BCUT2D eigenvalue weighted by molar-refractivity contribution is 5.91. The zero-order chi connectivity index (χ0) is 24.2. The molecule has 0 saturated heterocycles. The summed E-state index contributed by atoms with van der Waals surface area (Å²) in [7, 11) is 0. The summed E-state index contributed by atoms with van der Waals surface area (Å²) in [5.74, 6) is -2.20. The Morgan fingerprint density at radius 2 is 1.55 bits per heavy atom. The molecule has 0 aliphatic rings. The maximum Gasteiger partial charge on any atom is 0.326 e. The average Bonchev–Trinajstić information content (AvgIpc) is 3.20. The van der Waals surface area contributed by atoms with Crippen LogP contribution in [0.4, 0.5) is 0 Å². The predicted molar refractivity (Wildman–Crippen MR) is 128 cm³/mol. The lowest BCUT2D eigenvalue weighted by Crippen LogP contribution is -2.52. The number of carbonyl (C=O) groups is 3. The number of benzene rings is 1. The third-order valence-corrected chi connectivity index (χ3v) is 5.79. The summed E-state index contributed by atoms with van der Waals surface area (Å²) in [6.45, 7) is 2.77. The molecule has 9 heteroatoms. The number of rotatable bonds is 15. The van der Waals surface area contributed by atoms with Gasteiger partial charge in [-0.15, -0.1) is 0 Å². The molecule has 8 N–H and O–H groups in total. The van der Waals surface area contributed by atoms with Crippen molar-refractivity contribution in [2.45, 2.75) is 64.0 Å². The number of unbranched alkanes of at least 4 members (excludes halogenated alkanes) is 2. The van der Waals surface area contributed by atoms with Crippen LogP contribution in [0.1, 0.15) is 51.0 Å². The van der Waals surface area contributed by atoms with Crippen LogP contribution in [0.3, 0.4) is 0 Å². The summed E-state index contributed by atoms with van der Waals surface area (Å²) in [5, 5.41) is 15.9. The van der Waals surface area contributed by atoms with Gasteiger partial charge in [-0.3, -0.25) is 9.59 Å². The van der Waals surface area contributed by atoms with Gasteiger partial charge in [-0.25, -0.2) is 4.79 Å². The van der Waals surface area contributed by atoms with E-state index >= 15 is 0 Å². The Labute approximate surface area is 194 Å². The van der Waals surface area contributed by atoms with Gasteiger partial charge >= 0.3 is 5.97 Å². The zero-order valence-corrected chi connectivity index (χ0v) is 19.3. The lowest BCUT2D eigenvalue weighted by molar-refractivity contribution is -0.142. The summed E-state index contributed by atoms with van der Waals surface area (Å²) in [6, 6.07) is 6.06. The highest BCUT2D eigenvalue weighted by Gasteiger charge is 2.27. The zero-order valence-electron chi connectivity index (χ0n) is 19.3. The Balaban J connectivity index is 2.03. The van der Waals surface area contributed by atoms with Gasteiger partial charge in [-0.05, 0) is 69.7 Å². The summed E-state index contributed by atoms with van der Waals surface area (Å²) in [6.07, 6.45) is 5.74. The maximum absolute atomic E-state index is 12.9. The summed E-state index contributed by atoms with van der Waals surface area (Å²) < 4.78 is 0. The van der Waals surface area contributed by atoms with Crippen molar-refractivity contribution in [2.24, 2.45) is 17.4 Å². The molecular formula is C24H37N5O4. The number of nitrogens with one attached hydrogen (secondary N) is 3. The Kier molecular flexibility index (Phi) is 10.9. The van der Waals surface area contributed by atoms with Crippen molar-refractivity contribution >= 4 is 28.7 Å². The van der Waals surface area contributed by atoms with Gasteiger partial charge in [0.2, 0.25) is 11.8 Å². The number of aromatic nitrogens is 1. The Morgan fingerprint density at radius 3 is 2.18 bits per heavy atom. The summed E-state index contributed by atoms with van der Waals surface area (Å²) in [5.41, 5.74) is 13.1. The van der Waals surface area contributed by atoms with Crippen molar-refractivity contribution in [3.63, 3.8) is 0 Å². The van der Waals surface area contributed by atoms with Crippen molar-refractivity contribution in [1.82, 2.24) is 15.6 Å². The van der Waals surface area contributed by atoms with Crippen molar-refractivity contribution in [1.29, 1.82) is 0 Å². The van der Waals surface area contributed by atoms with E-state index in [1.54, 1.807) is 0 Å². The van der Waals surface area contributed by atoms with Gasteiger partial charge in [0.15, 0.2) is 0 Å². The quantitative estimate of drug-likeness (QED) is 0.222. The largest absolute Gasteiger partial charge is 0.480 e. The molecule has 2 aromatic rings. The Bertz CT molecular complexity index is 913. The number of carbonyl (C=O) groups excluding carboxylic acids is 2. The molecule has 182 valence electrons. The van der Waals surface area contributed by atoms with Crippen LogP contribution in [-0.4, -0.2) is 53.0 Å². The molecule has 0 bridgehead atoms. The molecule has 33 heavy (non-hydrogen) atoms. The molecule has 3 atom stereocenters. The molecular weight excluding hydrogens is 422 g/mol. The molecule has 9 nitrogen and oxygen atoms in total. The number of amides is 2. The van der Waals surface area contributed by atoms with Crippen molar-refractivity contribution in [3.8, 4) is 0 Å². The molecule has 0 unspecified atom stereocenters. The molecule has 0 spiro atoms. The van der Waals surface area contributed by atoms with Crippen LogP contribution in [0.15, 0.2) is 30.5 Å². The molecule has 2 rings (SSSR count). The van der Waals surface area contributed by atoms with Crippen LogP contribution in [-0.2, 0) is 20.8 Å². The van der Waals surface area contributed by atoms with Crippen LogP contribution in [0, 0.1) is 5.92 Å². The number of carboxylic acid groups (broad SMARTS) is 1. The van der Waals surface area contributed by atoms with Crippen molar-refractivity contribution in [2.75, 3.05) is 13.1 Å². The normalized spacial score (nSPS) is 13.9. The number of aromatic amines is 1. The van der Waals surface area contributed by atoms with Gasteiger partial charge in [0, 0.05) is 23.0 Å². The van der Waals surface area contributed by atoms with E-state index in [0.717, 1.165) is 16.5 Å². The fourth-order valence-corrected chi connectivity index (χ4v) is 3.82. The first-order chi connectivity index (χ1) is 15.9. The van der Waals surface area contributed by atoms with Gasteiger partial charge in [0.25, 0.3) is 0 Å². The number of hydrogen-bond acceptors (Lipinski definition) is 5. The highest BCUT2D eigenvalue weighted by atomic mass is 16.4. The number of hydrogen-bond donors (Lipinski definition) is 6. The predicted octanol–water partition coefficient (Wildman–Crippen LogP) is 1.66. The van der Waals surface area contributed by atoms with E-state index in [0.29, 0.717) is 58.0 Å². The second-order valence-electron chi connectivity index (χ2n) is 8.49. The molecule has 2 amide bonds. The standard InChI is InChI=1S/C24H37N5O4/c1-16(14-17-15-27-19-9-3-2-8-18(17)19)22(30)28-20(10-4-6-12-25)23(31)29-21(24(32)33)11-5-7-13-26/h2-3,8-9,15-16,20-21,27H,4-7,10-14,25-26H2,1H3,(H,28,30)(H,29,31)(H,32,33)/t16-,20-,21-/m0/s1. The van der Waals surface area contributed by atoms with Crippen LogP contribution < -0.4 is 22.1 Å². The van der Waals surface area contributed by atoms with Crippen molar-refractivity contribution in [3.05, 3.63) is 36.0 Å². The Hall–Kier alpha value is -2.91. The number of fused-ring (bicyclic) bond motifs is 1. The van der Waals surface area contributed by atoms with Crippen LogP contribution in [0.2, 0.25) is 0 Å². The molecule has 0 saturated carbocycles. The maximum atomic E-state index is 12.9. The third-order valence-electron chi connectivity index (χ3n) is 5.79. The second kappa shape index (κ2) is 13.6. The number of H-pyrrole nitrogens is 1. The SMILES string of the molecule is C[C@@H](Cc1c[nH]c2ccccc12)C(=O)N[C@@H](CCCCN)C(=O)N[C@@H](CCCCN)C(=O)O. The number of nitrogens with two attached hydrogens (primary N) is 2. The fraction of sp³-hybridized carbons (Fsp3) is 0.542. The van der Waals surface area contributed by atoms with Crippen LogP contribution >= 0.6 is 0 Å². The molecule has 0 aliphatic carbocycles. The lowest BCUT2D eigenvalue weighted by atomic mass is 9.98. The lowest BCUT2D eigenvalue weighted by Gasteiger charge is -2.23. The summed E-state index contributed by atoms with van der Waals surface area (Å²) >= 11 is 0. The minimum absolute atomic E-state index is 0.247. The van der Waals surface area contributed by atoms with Gasteiger partial charge in [-0.1, -0.05) is 25.1 Å². The van der Waals surface area contributed by atoms with Gasteiger partial charge in [0.05, 0.1) is 0 Å². The highest BCUT2D eigenvalue weighted by Crippen LogP contribution is 2.21. The van der Waals surface area contributed by atoms with E-state index in [1.807, 2.05) is 37.4 Å². The first-order valence-electron chi connectivity index (χ1n) is 11.7. The average molecular weight is 460 g/mol.